The van der Waals surface area contributed by atoms with Crippen LogP contribution in [-0.2, 0) is 0 Å². The fraction of sp³-hybridized carbons (Fsp3) is 0.231. The molecule has 0 atom stereocenters. The number of nitrogens with zero attached hydrogens (tertiary/aromatic N) is 1. The van der Waals surface area contributed by atoms with Gasteiger partial charge in [0, 0.05) is 30.0 Å². The van der Waals surface area contributed by atoms with Gasteiger partial charge in [0.1, 0.15) is 5.82 Å². The minimum atomic E-state index is -0.485. The zero-order valence-corrected chi connectivity index (χ0v) is 18.7. The molecule has 0 aromatic heterocycles. The van der Waals surface area contributed by atoms with E-state index in [4.69, 9.17) is 0 Å². The molecule has 3 aromatic rings. The number of carbonyl (C=O) groups is 2. The number of halogens is 1. The number of amides is 3. The molecule has 3 N–H and O–H groups in total. The highest BCUT2D eigenvalue weighted by Gasteiger charge is 2.18. The van der Waals surface area contributed by atoms with Gasteiger partial charge in [-0.2, -0.15) is 0 Å². The van der Waals surface area contributed by atoms with E-state index in [0.717, 1.165) is 37.2 Å². The van der Waals surface area contributed by atoms with E-state index in [1.807, 2.05) is 31.2 Å². The first-order chi connectivity index (χ1) is 15.9. The first-order valence-corrected chi connectivity index (χ1v) is 11.0. The summed E-state index contributed by atoms with van der Waals surface area (Å²) >= 11 is 0. The van der Waals surface area contributed by atoms with E-state index in [2.05, 4.69) is 20.9 Å². The second kappa shape index (κ2) is 9.73. The standard InChI is InChI=1S/C26H27FN4O2/c1-17-5-8-19(9-6-17)25(32)28-21-11-12-24(31-13-3-4-14-31)23(16-21)30-26(33)29-20-10-7-18(2)22(27)15-20/h5-12,15-16H,3-4,13-14H2,1-2H3,(H,28,32)(H2,29,30,33). The van der Waals surface area contributed by atoms with Crippen molar-refractivity contribution < 1.29 is 14.0 Å². The summed E-state index contributed by atoms with van der Waals surface area (Å²) in [4.78, 5) is 27.5. The molecule has 0 saturated carbocycles. The third-order valence-corrected chi connectivity index (χ3v) is 5.69. The van der Waals surface area contributed by atoms with Crippen molar-refractivity contribution in [1.82, 2.24) is 0 Å². The highest BCUT2D eigenvalue weighted by Crippen LogP contribution is 2.32. The molecule has 0 bridgehead atoms. The maximum atomic E-state index is 13.8. The molecule has 7 heteroatoms. The lowest BCUT2D eigenvalue weighted by Crippen LogP contribution is -2.24. The van der Waals surface area contributed by atoms with E-state index in [1.54, 1.807) is 37.3 Å². The van der Waals surface area contributed by atoms with Gasteiger partial charge in [-0.25, -0.2) is 9.18 Å². The number of carbonyl (C=O) groups excluding carboxylic acids is 2. The molecule has 0 unspecified atom stereocenters. The van der Waals surface area contributed by atoms with E-state index >= 15 is 0 Å². The van der Waals surface area contributed by atoms with Crippen molar-refractivity contribution in [3.63, 3.8) is 0 Å². The molecule has 3 aromatic carbocycles. The SMILES string of the molecule is Cc1ccc(C(=O)Nc2ccc(N3CCCC3)c(NC(=O)Nc3ccc(C)c(F)c3)c2)cc1. The van der Waals surface area contributed by atoms with Crippen molar-refractivity contribution in [3.05, 3.63) is 83.2 Å². The summed E-state index contributed by atoms with van der Waals surface area (Å²) in [7, 11) is 0. The lowest BCUT2D eigenvalue weighted by Gasteiger charge is -2.22. The molecule has 0 radical (unpaired) electrons. The van der Waals surface area contributed by atoms with Gasteiger partial charge < -0.3 is 20.9 Å². The van der Waals surface area contributed by atoms with E-state index in [1.165, 1.54) is 6.07 Å². The first-order valence-electron chi connectivity index (χ1n) is 11.0. The number of urea groups is 1. The average molecular weight is 447 g/mol. The van der Waals surface area contributed by atoms with Crippen LogP contribution in [0.2, 0.25) is 0 Å². The number of aryl methyl sites for hydroxylation is 2. The molecular formula is C26H27FN4O2. The zero-order valence-electron chi connectivity index (χ0n) is 18.7. The topological polar surface area (TPSA) is 73.5 Å². The van der Waals surface area contributed by atoms with E-state index in [0.29, 0.717) is 28.2 Å². The van der Waals surface area contributed by atoms with Crippen LogP contribution >= 0.6 is 0 Å². The van der Waals surface area contributed by atoms with Crippen LogP contribution in [0, 0.1) is 19.7 Å². The first kappa shape index (κ1) is 22.3. The fourth-order valence-corrected chi connectivity index (χ4v) is 3.81. The Morgan fingerprint density at radius 1 is 0.818 bits per heavy atom. The Bertz CT molecular complexity index is 1170. The largest absolute Gasteiger partial charge is 0.370 e. The number of hydrogen-bond donors (Lipinski definition) is 3. The molecule has 1 aliphatic heterocycles. The molecule has 1 saturated heterocycles. The highest BCUT2D eigenvalue weighted by molar-refractivity contribution is 6.06. The zero-order chi connectivity index (χ0) is 23.4. The molecule has 3 amide bonds. The molecule has 0 spiro atoms. The maximum absolute atomic E-state index is 13.8. The van der Waals surface area contributed by atoms with Gasteiger partial charge in [0.15, 0.2) is 0 Å². The van der Waals surface area contributed by atoms with Crippen molar-refractivity contribution >= 4 is 34.7 Å². The van der Waals surface area contributed by atoms with Gasteiger partial charge in [0.2, 0.25) is 0 Å². The molecule has 0 aliphatic carbocycles. The number of nitrogens with one attached hydrogen (secondary N) is 3. The Morgan fingerprint density at radius 3 is 2.18 bits per heavy atom. The number of hydrogen-bond acceptors (Lipinski definition) is 3. The van der Waals surface area contributed by atoms with Gasteiger partial charge in [-0.05, 0) is 74.7 Å². The van der Waals surface area contributed by atoms with Gasteiger partial charge in [0.05, 0.1) is 11.4 Å². The summed E-state index contributed by atoms with van der Waals surface area (Å²) in [5.41, 5.74) is 4.52. The van der Waals surface area contributed by atoms with Crippen molar-refractivity contribution in [2.24, 2.45) is 0 Å². The Labute approximate surface area is 192 Å². The third kappa shape index (κ3) is 5.49. The van der Waals surface area contributed by atoms with E-state index < -0.39 is 6.03 Å². The Kier molecular flexibility index (Phi) is 6.58. The monoisotopic (exact) mass is 446 g/mol. The van der Waals surface area contributed by atoms with Crippen molar-refractivity contribution in [2.75, 3.05) is 33.9 Å². The van der Waals surface area contributed by atoms with Crippen LogP contribution in [0.1, 0.15) is 34.3 Å². The van der Waals surface area contributed by atoms with Gasteiger partial charge in [-0.15, -0.1) is 0 Å². The van der Waals surface area contributed by atoms with Crippen LogP contribution in [0.4, 0.5) is 31.9 Å². The summed E-state index contributed by atoms with van der Waals surface area (Å²) in [6.07, 6.45) is 2.17. The molecule has 33 heavy (non-hydrogen) atoms. The second-order valence-electron chi connectivity index (χ2n) is 8.29. The van der Waals surface area contributed by atoms with Gasteiger partial charge in [-0.1, -0.05) is 23.8 Å². The van der Waals surface area contributed by atoms with Crippen molar-refractivity contribution in [2.45, 2.75) is 26.7 Å². The smallest absolute Gasteiger partial charge is 0.323 e. The quantitative estimate of drug-likeness (QED) is 0.454. The van der Waals surface area contributed by atoms with E-state index in [-0.39, 0.29) is 11.7 Å². The average Bonchev–Trinajstić information content (AvgIpc) is 3.31. The van der Waals surface area contributed by atoms with Crippen LogP contribution in [0.25, 0.3) is 0 Å². The Hall–Kier alpha value is -3.87. The molecule has 6 nitrogen and oxygen atoms in total. The highest BCUT2D eigenvalue weighted by atomic mass is 19.1. The molecule has 1 aliphatic rings. The normalized spacial score (nSPS) is 13.0. The van der Waals surface area contributed by atoms with Crippen LogP contribution in [0.15, 0.2) is 60.7 Å². The lowest BCUT2D eigenvalue weighted by molar-refractivity contribution is 0.102. The van der Waals surface area contributed by atoms with E-state index in [9.17, 15) is 14.0 Å². The molecular weight excluding hydrogens is 419 g/mol. The number of rotatable bonds is 5. The number of benzene rings is 3. The van der Waals surface area contributed by atoms with Gasteiger partial charge in [0.25, 0.3) is 5.91 Å². The predicted molar refractivity (Wildman–Crippen MR) is 131 cm³/mol. The summed E-state index contributed by atoms with van der Waals surface area (Å²) in [6, 6.07) is 16.9. The van der Waals surface area contributed by atoms with Crippen LogP contribution in [0.3, 0.4) is 0 Å². The Morgan fingerprint density at radius 2 is 1.48 bits per heavy atom. The second-order valence-corrected chi connectivity index (χ2v) is 8.29. The fourth-order valence-electron chi connectivity index (χ4n) is 3.81. The van der Waals surface area contributed by atoms with Crippen molar-refractivity contribution in [1.29, 1.82) is 0 Å². The van der Waals surface area contributed by atoms with Crippen LogP contribution in [-0.4, -0.2) is 25.0 Å². The number of anilines is 4. The Balaban J connectivity index is 1.54. The molecule has 4 rings (SSSR count). The maximum Gasteiger partial charge on any atom is 0.323 e. The minimum Gasteiger partial charge on any atom is -0.370 e. The van der Waals surface area contributed by atoms with Crippen LogP contribution < -0.4 is 20.9 Å². The summed E-state index contributed by atoms with van der Waals surface area (Å²) < 4.78 is 13.8. The van der Waals surface area contributed by atoms with Crippen LogP contribution in [0.5, 0.6) is 0 Å². The molecule has 1 fully saturated rings. The third-order valence-electron chi connectivity index (χ3n) is 5.69. The molecule has 1 heterocycles. The van der Waals surface area contributed by atoms with Gasteiger partial charge in [-0.3, -0.25) is 4.79 Å². The molecule has 170 valence electrons. The van der Waals surface area contributed by atoms with Gasteiger partial charge >= 0.3 is 6.03 Å². The minimum absolute atomic E-state index is 0.227. The summed E-state index contributed by atoms with van der Waals surface area (Å²) in [6.45, 7) is 5.42. The van der Waals surface area contributed by atoms with Crippen molar-refractivity contribution in [3.8, 4) is 0 Å². The lowest BCUT2D eigenvalue weighted by atomic mass is 10.1. The summed E-state index contributed by atoms with van der Waals surface area (Å²) in [5, 5.41) is 8.43. The summed E-state index contributed by atoms with van der Waals surface area (Å²) in [5.74, 6) is -0.610. The predicted octanol–water partition coefficient (Wildman–Crippen LogP) is 5.94.